The molecule has 1 unspecified atom stereocenters. The fourth-order valence-corrected chi connectivity index (χ4v) is 3.07. The Morgan fingerprint density at radius 1 is 1.38 bits per heavy atom. The number of ketones is 1. The lowest BCUT2D eigenvalue weighted by molar-refractivity contribution is -0.0464. The Hall–Kier alpha value is -1.39. The highest BCUT2D eigenvalue weighted by Crippen LogP contribution is 2.25. The fourth-order valence-electron chi connectivity index (χ4n) is 3.07. The molecular formula is C17H23NO3. The SMILES string of the molecule is CCN1CCOC(COc2ccc3c(c2)CCCC3=O)C1. The number of hydrogen-bond acceptors (Lipinski definition) is 4. The zero-order valence-corrected chi connectivity index (χ0v) is 12.6. The van der Waals surface area contributed by atoms with Crippen LogP contribution in [0, 0.1) is 0 Å². The number of carbonyl (C=O) groups excluding carboxylic acids is 1. The van der Waals surface area contributed by atoms with E-state index in [4.69, 9.17) is 9.47 Å². The molecule has 1 atom stereocenters. The quantitative estimate of drug-likeness (QED) is 0.852. The van der Waals surface area contributed by atoms with Crippen molar-refractivity contribution in [1.82, 2.24) is 4.90 Å². The largest absolute Gasteiger partial charge is 0.491 e. The lowest BCUT2D eigenvalue weighted by Crippen LogP contribution is -2.44. The van der Waals surface area contributed by atoms with Crippen molar-refractivity contribution in [3.63, 3.8) is 0 Å². The molecular weight excluding hydrogens is 266 g/mol. The van der Waals surface area contributed by atoms with E-state index in [1.54, 1.807) is 0 Å². The van der Waals surface area contributed by atoms with Gasteiger partial charge in [0.1, 0.15) is 18.5 Å². The molecule has 0 bridgehead atoms. The van der Waals surface area contributed by atoms with E-state index in [0.29, 0.717) is 13.0 Å². The highest BCUT2D eigenvalue weighted by atomic mass is 16.5. The third kappa shape index (κ3) is 3.44. The minimum absolute atomic E-state index is 0.136. The van der Waals surface area contributed by atoms with E-state index >= 15 is 0 Å². The van der Waals surface area contributed by atoms with Crippen molar-refractivity contribution in [2.24, 2.45) is 0 Å². The van der Waals surface area contributed by atoms with Gasteiger partial charge in [-0.1, -0.05) is 6.92 Å². The normalized spacial score (nSPS) is 22.9. The number of benzene rings is 1. The average Bonchev–Trinajstić information content (AvgIpc) is 2.53. The maximum Gasteiger partial charge on any atom is 0.163 e. The topological polar surface area (TPSA) is 38.8 Å². The molecule has 0 N–H and O–H groups in total. The Balaban J connectivity index is 1.59. The van der Waals surface area contributed by atoms with Gasteiger partial charge < -0.3 is 9.47 Å². The van der Waals surface area contributed by atoms with Gasteiger partial charge >= 0.3 is 0 Å². The second-order valence-corrected chi connectivity index (χ2v) is 5.79. The van der Waals surface area contributed by atoms with Gasteiger partial charge in [0.15, 0.2) is 5.78 Å². The molecule has 1 fully saturated rings. The van der Waals surface area contributed by atoms with Crippen LogP contribution in [-0.2, 0) is 11.2 Å². The Bertz CT molecular complexity index is 515. The predicted molar refractivity (Wildman–Crippen MR) is 81.1 cm³/mol. The Morgan fingerprint density at radius 2 is 2.29 bits per heavy atom. The number of morpholine rings is 1. The van der Waals surface area contributed by atoms with Gasteiger partial charge in [0.05, 0.1) is 6.61 Å². The molecule has 1 aliphatic heterocycles. The number of Topliss-reactive ketones (excluding diaryl/α,β-unsaturated/α-hetero) is 1. The molecule has 3 rings (SSSR count). The standard InChI is InChI=1S/C17H23NO3/c1-2-18-8-9-20-15(11-18)12-21-14-6-7-16-13(10-14)4-3-5-17(16)19/h6-7,10,15H,2-5,8-9,11-12H2,1H3. The van der Waals surface area contributed by atoms with E-state index in [0.717, 1.165) is 56.0 Å². The molecule has 0 amide bonds. The number of ether oxygens (including phenoxy) is 2. The third-order valence-electron chi connectivity index (χ3n) is 4.33. The number of carbonyl (C=O) groups is 1. The summed E-state index contributed by atoms with van der Waals surface area (Å²) in [4.78, 5) is 14.2. The number of hydrogen-bond donors (Lipinski definition) is 0. The second-order valence-electron chi connectivity index (χ2n) is 5.79. The second kappa shape index (κ2) is 6.58. The van der Waals surface area contributed by atoms with Crippen LogP contribution in [0.15, 0.2) is 18.2 Å². The first-order chi connectivity index (χ1) is 10.3. The molecule has 1 heterocycles. The Labute approximate surface area is 126 Å². The highest BCUT2D eigenvalue weighted by Gasteiger charge is 2.21. The highest BCUT2D eigenvalue weighted by molar-refractivity contribution is 5.98. The van der Waals surface area contributed by atoms with E-state index in [1.807, 2.05) is 18.2 Å². The van der Waals surface area contributed by atoms with Gasteiger partial charge in [0.25, 0.3) is 0 Å². The molecule has 0 spiro atoms. The molecule has 1 saturated heterocycles. The summed E-state index contributed by atoms with van der Waals surface area (Å²) in [5.41, 5.74) is 2.00. The summed E-state index contributed by atoms with van der Waals surface area (Å²) >= 11 is 0. The minimum atomic E-state index is 0.136. The van der Waals surface area contributed by atoms with Crippen molar-refractivity contribution < 1.29 is 14.3 Å². The fraction of sp³-hybridized carbons (Fsp3) is 0.588. The molecule has 0 aromatic heterocycles. The number of likely N-dealkylation sites (N-methyl/N-ethyl adjacent to an activating group) is 1. The smallest absolute Gasteiger partial charge is 0.163 e. The molecule has 2 aliphatic rings. The molecule has 1 aromatic rings. The molecule has 0 saturated carbocycles. The van der Waals surface area contributed by atoms with Gasteiger partial charge in [0, 0.05) is 25.1 Å². The van der Waals surface area contributed by atoms with Crippen molar-refractivity contribution in [1.29, 1.82) is 0 Å². The van der Waals surface area contributed by atoms with Crippen molar-refractivity contribution in [3.8, 4) is 5.75 Å². The Kier molecular flexibility index (Phi) is 4.56. The molecule has 4 heteroatoms. The van der Waals surface area contributed by atoms with Gasteiger partial charge in [-0.25, -0.2) is 0 Å². The maximum atomic E-state index is 11.8. The molecule has 114 valence electrons. The van der Waals surface area contributed by atoms with Gasteiger partial charge in [-0.15, -0.1) is 0 Å². The summed E-state index contributed by atoms with van der Waals surface area (Å²) < 4.78 is 11.6. The van der Waals surface area contributed by atoms with E-state index in [2.05, 4.69) is 11.8 Å². The molecule has 21 heavy (non-hydrogen) atoms. The van der Waals surface area contributed by atoms with Crippen LogP contribution in [-0.4, -0.2) is 49.6 Å². The van der Waals surface area contributed by atoms with Crippen LogP contribution in [0.4, 0.5) is 0 Å². The lowest BCUT2D eigenvalue weighted by Gasteiger charge is -2.31. The summed E-state index contributed by atoms with van der Waals surface area (Å²) in [6, 6.07) is 5.83. The van der Waals surface area contributed by atoms with Gasteiger partial charge in [-0.2, -0.15) is 0 Å². The lowest BCUT2D eigenvalue weighted by atomic mass is 9.90. The summed E-state index contributed by atoms with van der Waals surface area (Å²) in [7, 11) is 0. The van der Waals surface area contributed by atoms with Gasteiger partial charge in [-0.05, 0) is 43.1 Å². The first-order valence-corrected chi connectivity index (χ1v) is 7.89. The summed E-state index contributed by atoms with van der Waals surface area (Å²) in [6.07, 6.45) is 2.74. The van der Waals surface area contributed by atoms with Gasteiger partial charge in [0.2, 0.25) is 0 Å². The van der Waals surface area contributed by atoms with Crippen LogP contribution in [0.25, 0.3) is 0 Å². The zero-order chi connectivity index (χ0) is 14.7. The predicted octanol–water partition coefficient (Wildman–Crippen LogP) is 2.31. The van der Waals surface area contributed by atoms with Gasteiger partial charge in [-0.3, -0.25) is 9.69 Å². The number of nitrogens with zero attached hydrogens (tertiary/aromatic N) is 1. The summed E-state index contributed by atoms with van der Waals surface area (Å²) in [5.74, 6) is 1.11. The molecule has 4 nitrogen and oxygen atoms in total. The van der Waals surface area contributed by atoms with Crippen LogP contribution in [0.3, 0.4) is 0 Å². The zero-order valence-electron chi connectivity index (χ0n) is 12.6. The van der Waals surface area contributed by atoms with Crippen LogP contribution >= 0.6 is 0 Å². The monoisotopic (exact) mass is 289 g/mol. The van der Waals surface area contributed by atoms with Crippen LogP contribution in [0.5, 0.6) is 5.75 Å². The van der Waals surface area contributed by atoms with Crippen LogP contribution in [0.2, 0.25) is 0 Å². The van der Waals surface area contributed by atoms with E-state index in [1.165, 1.54) is 0 Å². The number of rotatable bonds is 4. The van der Waals surface area contributed by atoms with Crippen LogP contribution in [0.1, 0.15) is 35.7 Å². The van der Waals surface area contributed by atoms with E-state index < -0.39 is 0 Å². The first-order valence-electron chi connectivity index (χ1n) is 7.89. The summed E-state index contributed by atoms with van der Waals surface area (Å²) in [6.45, 7) is 6.52. The molecule has 0 radical (unpaired) electrons. The maximum absolute atomic E-state index is 11.8. The molecule has 1 aliphatic carbocycles. The minimum Gasteiger partial charge on any atom is -0.491 e. The first kappa shape index (κ1) is 14.5. The van der Waals surface area contributed by atoms with Crippen molar-refractivity contribution in [2.45, 2.75) is 32.3 Å². The van der Waals surface area contributed by atoms with Crippen molar-refractivity contribution in [2.75, 3.05) is 32.8 Å². The van der Waals surface area contributed by atoms with Crippen molar-refractivity contribution in [3.05, 3.63) is 29.3 Å². The summed E-state index contributed by atoms with van der Waals surface area (Å²) in [5, 5.41) is 0. The number of aryl methyl sites for hydroxylation is 1. The van der Waals surface area contributed by atoms with E-state index in [-0.39, 0.29) is 11.9 Å². The average molecular weight is 289 g/mol. The van der Waals surface area contributed by atoms with E-state index in [9.17, 15) is 4.79 Å². The van der Waals surface area contributed by atoms with Crippen molar-refractivity contribution >= 4 is 5.78 Å². The third-order valence-corrected chi connectivity index (χ3v) is 4.33. The molecule has 1 aromatic carbocycles. The Morgan fingerprint density at radius 3 is 3.14 bits per heavy atom. The van der Waals surface area contributed by atoms with Crippen LogP contribution < -0.4 is 4.74 Å². The number of fused-ring (bicyclic) bond motifs is 1.